The predicted octanol–water partition coefficient (Wildman–Crippen LogP) is 1.66. The van der Waals surface area contributed by atoms with Crippen LogP contribution in [0.15, 0.2) is 30.3 Å². The lowest BCUT2D eigenvalue weighted by Gasteiger charge is -2.27. The van der Waals surface area contributed by atoms with Crippen LogP contribution in [0.3, 0.4) is 0 Å². The molecule has 0 aliphatic carbocycles. The number of rotatable bonds is 7. The van der Waals surface area contributed by atoms with E-state index in [0.717, 1.165) is 5.56 Å². The molecule has 1 fully saturated rings. The van der Waals surface area contributed by atoms with E-state index in [4.69, 9.17) is 4.74 Å². The Morgan fingerprint density at radius 1 is 1.24 bits per heavy atom. The molecule has 1 aromatic rings. The van der Waals surface area contributed by atoms with E-state index in [1.807, 2.05) is 30.3 Å². The van der Waals surface area contributed by atoms with E-state index in [2.05, 4.69) is 10.6 Å². The summed E-state index contributed by atoms with van der Waals surface area (Å²) >= 11 is 0. The van der Waals surface area contributed by atoms with Crippen molar-refractivity contribution in [2.24, 2.45) is 0 Å². The average Bonchev–Trinajstić information content (AvgIpc) is 3.10. The number of alkyl carbamates (subject to hydrolysis) is 1. The van der Waals surface area contributed by atoms with Gasteiger partial charge in [0.15, 0.2) is 0 Å². The molecule has 2 N–H and O–H groups in total. The molecule has 8 nitrogen and oxygen atoms in total. The van der Waals surface area contributed by atoms with Crippen LogP contribution < -0.4 is 10.6 Å². The van der Waals surface area contributed by atoms with Crippen LogP contribution in [0.4, 0.5) is 4.79 Å². The van der Waals surface area contributed by atoms with Crippen LogP contribution in [0, 0.1) is 0 Å². The molecule has 0 bridgehead atoms. The van der Waals surface area contributed by atoms with Crippen LogP contribution in [0.2, 0.25) is 0 Å². The highest BCUT2D eigenvalue weighted by molar-refractivity contribution is 7.89. The van der Waals surface area contributed by atoms with Crippen LogP contribution in [0.25, 0.3) is 0 Å². The lowest BCUT2D eigenvalue weighted by atomic mass is 10.1. The van der Waals surface area contributed by atoms with Gasteiger partial charge in [-0.1, -0.05) is 30.3 Å². The summed E-state index contributed by atoms with van der Waals surface area (Å²) in [5, 5.41) is 5.22. The highest BCUT2D eigenvalue weighted by atomic mass is 32.2. The Balaban J connectivity index is 2.18. The van der Waals surface area contributed by atoms with E-state index < -0.39 is 33.8 Å². The molecule has 9 heteroatoms. The van der Waals surface area contributed by atoms with Gasteiger partial charge in [0.2, 0.25) is 15.9 Å². The molecule has 1 heterocycles. The average molecular weight is 426 g/mol. The Labute approximate surface area is 173 Å². The third-order valence-corrected chi connectivity index (χ3v) is 6.54. The van der Waals surface area contributed by atoms with E-state index in [1.54, 1.807) is 20.8 Å². The van der Waals surface area contributed by atoms with E-state index >= 15 is 0 Å². The number of amides is 2. The van der Waals surface area contributed by atoms with Gasteiger partial charge in [-0.15, -0.1) is 0 Å². The summed E-state index contributed by atoms with van der Waals surface area (Å²) in [4.78, 5) is 24.4. The molecule has 1 saturated heterocycles. The molecule has 2 amide bonds. The van der Waals surface area contributed by atoms with Gasteiger partial charge in [0, 0.05) is 13.6 Å². The van der Waals surface area contributed by atoms with Crippen molar-refractivity contribution in [3.63, 3.8) is 0 Å². The first-order valence-corrected chi connectivity index (χ1v) is 11.4. The zero-order valence-corrected chi connectivity index (χ0v) is 18.3. The normalized spacial score (nSPS) is 18.8. The number of carbonyl (C=O) groups excluding carboxylic acids is 2. The lowest BCUT2D eigenvalue weighted by molar-refractivity contribution is -0.123. The van der Waals surface area contributed by atoms with Crippen LogP contribution in [0.5, 0.6) is 0 Å². The van der Waals surface area contributed by atoms with Gasteiger partial charge in [-0.2, -0.15) is 4.31 Å². The van der Waals surface area contributed by atoms with Crippen molar-refractivity contribution in [1.29, 1.82) is 0 Å². The van der Waals surface area contributed by atoms with Crippen molar-refractivity contribution in [2.75, 3.05) is 19.3 Å². The minimum absolute atomic E-state index is 0.297. The number of nitrogens with one attached hydrogen (secondary N) is 2. The van der Waals surface area contributed by atoms with Crippen LogP contribution in [-0.4, -0.2) is 61.8 Å². The van der Waals surface area contributed by atoms with Crippen LogP contribution in [0.1, 0.15) is 39.2 Å². The number of sulfonamides is 1. The Kier molecular flexibility index (Phi) is 7.65. The number of carbonyl (C=O) groups is 2. The second-order valence-electron chi connectivity index (χ2n) is 8.19. The third-order valence-electron chi connectivity index (χ3n) is 4.57. The monoisotopic (exact) mass is 425 g/mol. The highest BCUT2D eigenvalue weighted by Crippen LogP contribution is 2.22. The lowest BCUT2D eigenvalue weighted by Crippen LogP contribution is -2.50. The summed E-state index contributed by atoms with van der Waals surface area (Å²) in [7, 11) is -2.28. The van der Waals surface area contributed by atoms with Crippen LogP contribution >= 0.6 is 0 Å². The Bertz CT molecular complexity index is 805. The molecule has 29 heavy (non-hydrogen) atoms. The van der Waals surface area contributed by atoms with Crippen molar-refractivity contribution >= 4 is 22.0 Å². The molecule has 0 unspecified atom stereocenters. The van der Waals surface area contributed by atoms with Gasteiger partial charge < -0.3 is 15.4 Å². The fourth-order valence-electron chi connectivity index (χ4n) is 3.38. The van der Waals surface area contributed by atoms with E-state index in [9.17, 15) is 18.0 Å². The molecule has 0 radical (unpaired) electrons. The highest BCUT2D eigenvalue weighted by Gasteiger charge is 2.39. The van der Waals surface area contributed by atoms with Crippen molar-refractivity contribution < 1.29 is 22.7 Å². The molecule has 1 aromatic carbocycles. The zero-order chi connectivity index (χ0) is 21.7. The molecule has 162 valence electrons. The SMILES string of the molecule is CNC(=O)[C@@H]1CCCN1S(=O)(=O)C[C@H](Cc1ccccc1)NC(=O)OC(C)(C)C. The maximum atomic E-state index is 13.1. The summed E-state index contributed by atoms with van der Waals surface area (Å²) in [5.41, 5.74) is 0.201. The second-order valence-corrected chi connectivity index (χ2v) is 10.2. The maximum Gasteiger partial charge on any atom is 0.407 e. The summed E-state index contributed by atoms with van der Waals surface area (Å²) < 4.78 is 32.7. The minimum atomic E-state index is -3.77. The van der Waals surface area contributed by atoms with Crippen molar-refractivity contribution in [1.82, 2.24) is 14.9 Å². The van der Waals surface area contributed by atoms with E-state index in [1.165, 1.54) is 11.4 Å². The van der Waals surface area contributed by atoms with Gasteiger partial charge >= 0.3 is 6.09 Å². The fourth-order valence-corrected chi connectivity index (χ4v) is 5.27. The van der Waals surface area contributed by atoms with Crippen molar-refractivity contribution in [3.05, 3.63) is 35.9 Å². The summed E-state index contributed by atoms with van der Waals surface area (Å²) in [6, 6.07) is 7.94. The first-order valence-electron chi connectivity index (χ1n) is 9.76. The van der Waals surface area contributed by atoms with Gasteiger partial charge in [-0.25, -0.2) is 13.2 Å². The number of ether oxygens (including phenoxy) is 1. The Morgan fingerprint density at radius 2 is 1.90 bits per heavy atom. The fraction of sp³-hybridized carbons (Fsp3) is 0.600. The van der Waals surface area contributed by atoms with Gasteiger partial charge in [-0.05, 0) is 45.6 Å². The maximum absolute atomic E-state index is 13.1. The van der Waals surface area contributed by atoms with Crippen molar-refractivity contribution in [3.8, 4) is 0 Å². The van der Waals surface area contributed by atoms with Gasteiger partial charge in [0.25, 0.3) is 0 Å². The topological polar surface area (TPSA) is 105 Å². The largest absolute Gasteiger partial charge is 0.444 e. The van der Waals surface area contributed by atoms with Gasteiger partial charge in [0.05, 0.1) is 11.8 Å². The Morgan fingerprint density at radius 3 is 2.48 bits per heavy atom. The van der Waals surface area contributed by atoms with Gasteiger partial charge in [-0.3, -0.25) is 4.79 Å². The van der Waals surface area contributed by atoms with E-state index in [0.29, 0.717) is 25.8 Å². The molecule has 0 spiro atoms. The quantitative estimate of drug-likeness (QED) is 0.691. The third kappa shape index (κ3) is 7.01. The summed E-state index contributed by atoms with van der Waals surface area (Å²) in [6.45, 7) is 5.53. The summed E-state index contributed by atoms with van der Waals surface area (Å²) in [5.74, 6) is -0.625. The summed E-state index contributed by atoms with van der Waals surface area (Å²) in [6.07, 6.45) is 0.776. The molecule has 0 saturated carbocycles. The molecule has 2 atom stereocenters. The second kappa shape index (κ2) is 9.58. The molecular weight excluding hydrogens is 394 g/mol. The first kappa shape index (κ1) is 23.2. The number of likely N-dealkylation sites (N-methyl/N-ethyl adjacent to an activating group) is 1. The number of nitrogens with zero attached hydrogens (tertiary/aromatic N) is 1. The predicted molar refractivity (Wildman–Crippen MR) is 111 cm³/mol. The standard InChI is InChI=1S/C20H31N3O5S/c1-20(2,3)28-19(25)22-16(13-15-9-6-5-7-10-15)14-29(26,27)23-12-8-11-17(23)18(24)21-4/h5-7,9-10,16-17H,8,11-14H2,1-4H3,(H,21,24)(H,22,25)/t16-,17-/m0/s1. The number of hydrogen-bond acceptors (Lipinski definition) is 5. The van der Waals surface area contributed by atoms with Crippen LogP contribution in [-0.2, 0) is 26.0 Å². The number of hydrogen-bond donors (Lipinski definition) is 2. The van der Waals surface area contributed by atoms with Crippen molar-refractivity contribution in [2.45, 2.75) is 57.7 Å². The minimum Gasteiger partial charge on any atom is -0.444 e. The zero-order valence-electron chi connectivity index (χ0n) is 17.5. The Hall–Kier alpha value is -2.13. The smallest absolute Gasteiger partial charge is 0.407 e. The molecule has 1 aliphatic heterocycles. The molecular formula is C20H31N3O5S. The van der Waals surface area contributed by atoms with Gasteiger partial charge in [0.1, 0.15) is 11.6 Å². The van der Waals surface area contributed by atoms with E-state index in [-0.39, 0.29) is 11.7 Å². The molecule has 1 aliphatic rings. The first-order chi connectivity index (χ1) is 13.5. The molecule has 0 aromatic heterocycles. The molecule has 2 rings (SSSR count). The number of benzene rings is 1.